The first-order valence-electron chi connectivity index (χ1n) is 12.4. The zero-order chi connectivity index (χ0) is 25.6. The Morgan fingerprint density at radius 1 is 1.14 bits per heavy atom. The molecule has 0 radical (unpaired) electrons. The number of amides is 2. The number of benzene rings is 1. The van der Waals surface area contributed by atoms with Crippen LogP contribution in [-0.2, 0) is 25.6 Å². The normalized spacial score (nSPS) is 21.0. The molecule has 3 aliphatic rings. The number of carbonyl (C=O) groups is 4. The lowest BCUT2D eigenvalue weighted by molar-refractivity contribution is -0.156. The van der Waals surface area contributed by atoms with Crippen LogP contribution in [0.2, 0.25) is 0 Å². The Kier molecular flexibility index (Phi) is 6.20. The lowest BCUT2D eigenvalue weighted by Gasteiger charge is -2.48. The molecule has 36 heavy (non-hydrogen) atoms. The van der Waals surface area contributed by atoms with Crippen molar-refractivity contribution in [2.24, 2.45) is 0 Å². The highest BCUT2D eigenvalue weighted by Crippen LogP contribution is 2.49. The lowest BCUT2D eigenvalue weighted by Crippen LogP contribution is -2.69. The van der Waals surface area contributed by atoms with Crippen molar-refractivity contribution in [3.8, 4) is 0 Å². The van der Waals surface area contributed by atoms with E-state index in [1.54, 1.807) is 37.4 Å². The van der Waals surface area contributed by atoms with Gasteiger partial charge in [0.1, 0.15) is 0 Å². The number of ketones is 1. The van der Waals surface area contributed by atoms with Crippen molar-refractivity contribution >= 4 is 29.3 Å². The summed E-state index contributed by atoms with van der Waals surface area (Å²) < 4.78 is 12.8. The minimum absolute atomic E-state index is 0.122. The molecule has 5 rings (SSSR count). The van der Waals surface area contributed by atoms with Gasteiger partial charge in [-0.15, -0.1) is 0 Å². The average molecular weight is 494 g/mol. The van der Waals surface area contributed by atoms with Gasteiger partial charge in [-0.1, -0.05) is 12.1 Å². The summed E-state index contributed by atoms with van der Waals surface area (Å²) in [5.74, 6) is -1.56. The number of hydrogen-bond acceptors (Lipinski definition) is 6. The topological polar surface area (TPSA) is 98.1 Å². The highest BCUT2D eigenvalue weighted by atomic mass is 16.5. The molecule has 1 saturated carbocycles. The quantitative estimate of drug-likeness (QED) is 0.303. The van der Waals surface area contributed by atoms with Crippen LogP contribution in [0, 0.1) is 13.8 Å². The van der Waals surface area contributed by atoms with Crippen LogP contribution in [0.5, 0.6) is 0 Å². The maximum Gasteiger partial charge on any atom is 0.354 e. The molecular formula is C27H31N3O6. The molecule has 1 atom stereocenters. The van der Waals surface area contributed by atoms with Gasteiger partial charge in [-0.3, -0.25) is 19.3 Å². The van der Waals surface area contributed by atoms with Gasteiger partial charge in [-0.2, -0.15) is 0 Å². The zero-order valence-corrected chi connectivity index (χ0v) is 20.9. The number of nitrogens with zero attached hydrogens (tertiary/aromatic N) is 3. The molecule has 9 nitrogen and oxygen atoms in total. The van der Waals surface area contributed by atoms with Crippen LogP contribution in [0.4, 0.5) is 5.69 Å². The van der Waals surface area contributed by atoms with Crippen LogP contribution < -0.4 is 4.90 Å². The monoisotopic (exact) mass is 493 g/mol. The van der Waals surface area contributed by atoms with E-state index < -0.39 is 18.2 Å². The van der Waals surface area contributed by atoms with Crippen molar-refractivity contribution in [2.45, 2.75) is 64.2 Å². The maximum atomic E-state index is 13.7. The van der Waals surface area contributed by atoms with E-state index in [-0.39, 0.29) is 36.5 Å². The number of carbonyl (C=O) groups excluding carboxylic acids is 4. The van der Waals surface area contributed by atoms with Crippen LogP contribution in [0.1, 0.15) is 64.2 Å². The van der Waals surface area contributed by atoms with Crippen LogP contribution in [0.3, 0.4) is 0 Å². The standard InChI is InChI=1S/C27H31N3O6/c1-17-15-21(18(2)28(17)13-6-14-35-3)23(31)16-36-26(34)27-12-11-24(32)30(27)22-8-5-4-7-20(22)25(33)29(27)19-9-10-19/h4-5,7-8,15,19H,6,9-14,16H2,1-3H3. The number of para-hydroxylation sites is 1. The smallest absolute Gasteiger partial charge is 0.354 e. The number of Topliss-reactive ketones (excluding diaryl/α,β-unsaturated/α-hetero) is 1. The van der Waals surface area contributed by atoms with Gasteiger partial charge in [0.25, 0.3) is 5.91 Å². The first-order chi connectivity index (χ1) is 17.3. The van der Waals surface area contributed by atoms with Crippen molar-refractivity contribution in [3.63, 3.8) is 0 Å². The van der Waals surface area contributed by atoms with Crippen molar-refractivity contribution < 1.29 is 28.7 Å². The molecule has 1 unspecified atom stereocenters. The number of fused-ring (bicyclic) bond motifs is 3. The SMILES string of the molecule is COCCCn1c(C)cc(C(=O)COC(=O)C23CCC(=O)N2c2ccccc2C(=O)N3C2CC2)c1C. The number of aromatic nitrogens is 1. The van der Waals surface area contributed by atoms with E-state index in [0.717, 1.165) is 37.2 Å². The van der Waals surface area contributed by atoms with Gasteiger partial charge in [0.2, 0.25) is 17.4 Å². The van der Waals surface area contributed by atoms with E-state index in [4.69, 9.17) is 9.47 Å². The Bertz CT molecular complexity index is 1250. The van der Waals surface area contributed by atoms with Gasteiger partial charge < -0.3 is 18.9 Å². The Balaban J connectivity index is 1.40. The van der Waals surface area contributed by atoms with Crippen molar-refractivity contribution in [1.29, 1.82) is 0 Å². The number of ether oxygens (including phenoxy) is 2. The highest BCUT2D eigenvalue weighted by molar-refractivity contribution is 6.16. The number of hydrogen-bond donors (Lipinski definition) is 0. The van der Waals surface area contributed by atoms with Gasteiger partial charge >= 0.3 is 5.97 Å². The third kappa shape index (κ3) is 3.73. The molecule has 2 fully saturated rings. The Morgan fingerprint density at radius 3 is 2.61 bits per heavy atom. The van der Waals surface area contributed by atoms with E-state index in [9.17, 15) is 19.2 Å². The summed E-state index contributed by atoms with van der Waals surface area (Å²) in [6.45, 7) is 4.68. The first-order valence-corrected chi connectivity index (χ1v) is 12.4. The minimum atomic E-state index is -1.55. The van der Waals surface area contributed by atoms with E-state index in [1.807, 2.05) is 13.8 Å². The number of aryl methyl sites for hydroxylation is 1. The van der Waals surface area contributed by atoms with Crippen LogP contribution >= 0.6 is 0 Å². The fourth-order valence-electron chi connectivity index (χ4n) is 5.63. The van der Waals surface area contributed by atoms with Gasteiger partial charge in [0, 0.05) is 56.1 Å². The summed E-state index contributed by atoms with van der Waals surface area (Å²) in [6.07, 6.45) is 2.60. The molecule has 2 aliphatic heterocycles. The molecular weight excluding hydrogens is 462 g/mol. The summed E-state index contributed by atoms with van der Waals surface area (Å²) >= 11 is 0. The fraction of sp³-hybridized carbons (Fsp3) is 0.481. The lowest BCUT2D eigenvalue weighted by atomic mass is 9.96. The van der Waals surface area contributed by atoms with Gasteiger partial charge in [-0.25, -0.2) is 4.79 Å². The molecule has 0 N–H and O–H groups in total. The molecule has 1 aromatic heterocycles. The Hall–Kier alpha value is -3.46. The molecule has 0 bridgehead atoms. The van der Waals surface area contributed by atoms with E-state index in [2.05, 4.69) is 4.57 Å². The largest absolute Gasteiger partial charge is 0.454 e. The van der Waals surface area contributed by atoms with Crippen LogP contribution in [0.25, 0.3) is 0 Å². The summed E-state index contributed by atoms with van der Waals surface area (Å²) in [4.78, 5) is 56.4. The highest BCUT2D eigenvalue weighted by Gasteiger charge is 2.64. The summed E-state index contributed by atoms with van der Waals surface area (Å²) in [6, 6.07) is 8.53. The molecule has 1 aliphatic carbocycles. The minimum Gasteiger partial charge on any atom is -0.454 e. The zero-order valence-electron chi connectivity index (χ0n) is 20.9. The maximum absolute atomic E-state index is 13.7. The van der Waals surface area contributed by atoms with Gasteiger partial charge in [0.15, 0.2) is 6.61 Å². The second kappa shape index (κ2) is 9.20. The number of esters is 1. The first kappa shape index (κ1) is 24.2. The molecule has 1 aromatic carbocycles. The molecule has 1 saturated heterocycles. The molecule has 2 amide bonds. The third-order valence-electron chi connectivity index (χ3n) is 7.48. The fourth-order valence-corrected chi connectivity index (χ4v) is 5.63. The van der Waals surface area contributed by atoms with Gasteiger partial charge in [-0.05, 0) is 51.3 Å². The summed E-state index contributed by atoms with van der Waals surface area (Å²) in [5, 5.41) is 0. The molecule has 3 heterocycles. The molecule has 0 spiro atoms. The number of anilines is 1. The Labute approximate surface area is 209 Å². The van der Waals surface area contributed by atoms with Crippen LogP contribution in [-0.4, -0.2) is 65.1 Å². The summed E-state index contributed by atoms with van der Waals surface area (Å²) in [7, 11) is 1.65. The van der Waals surface area contributed by atoms with E-state index >= 15 is 0 Å². The second-order valence-electron chi connectivity index (χ2n) is 9.75. The number of methoxy groups -OCH3 is 1. The molecule has 190 valence electrons. The molecule has 9 heteroatoms. The second-order valence-corrected chi connectivity index (χ2v) is 9.75. The van der Waals surface area contributed by atoms with Crippen molar-refractivity contribution in [2.75, 3.05) is 25.2 Å². The van der Waals surface area contributed by atoms with E-state index in [1.165, 1.54) is 9.80 Å². The van der Waals surface area contributed by atoms with Gasteiger partial charge in [0.05, 0.1) is 11.3 Å². The van der Waals surface area contributed by atoms with Crippen molar-refractivity contribution in [1.82, 2.24) is 9.47 Å². The summed E-state index contributed by atoms with van der Waals surface area (Å²) in [5.41, 5.74) is 1.52. The van der Waals surface area contributed by atoms with Crippen LogP contribution in [0.15, 0.2) is 30.3 Å². The van der Waals surface area contributed by atoms with E-state index in [0.29, 0.717) is 23.4 Å². The Morgan fingerprint density at radius 2 is 1.89 bits per heavy atom. The third-order valence-corrected chi connectivity index (χ3v) is 7.48. The average Bonchev–Trinajstić information content (AvgIpc) is 3.58. The number of rotatable bonds is 9. The predicted molar refractivity (Wildman–Crippen MR) is 131 cm³/mol. The predicted octanol–water partition coefficient (Wildman–Crippen LogP) is 3.01. The van der Waals surface area contributed by atoms with Crippen molar-refractivity contribution in [3.05, 3.63) is 52.8 Å². The molecule has 2 aromatic rings.